The van der Waals surface area contributed by atoms with Gasteiger partial charge in [0.05, 0.1) is 36.7 Å². The summed E-state index contributed by atoms with van der Waals surface area (Å²) in [4.78, 5) is 23.3. The standard InChI is InChI=1S/C28H29N3O3/c1-30-15-13-21(14-16-30)31(19-23-6-5-17-34-23)28(32)25-18-27(20-9-11-22(33-2)12-10-20)29-26-8-4-3-7-24(25)26/h3-12,17-18,21H,13-16,19H2,1-2H3. The van der Waals surface area contributed by atoms with Gasteiger partial charge in [0, 0.05) is 17.0 Å². The molecule has 3 heterocycles. The highest BCUT2D eigenvalue weighted by molar-refractivity contribution is 6.07. The Labute approximate surface area is 199 Å². The maximum absolute atomic E-state index is 14.2. The summed E-state index contributed by atoms with van der Waals surface area (Å²) in [7, 11) is 3.78. The topological polar surface area (TPSA) is 58.8 Å². The molecule has 6 heteroatoms. The molecule has 1 fully saturated rings. The minimum atomic E-state index is 0.0133. The molecule has 174 valence electrons. The average Bonchev–Trinajstić information content (AvgIpc) is 3.40. The molecule has 0 atom stereocenters. The number of amides is 1. The van der Waals surface area contributed by atoms with Gasteiger partial charge in [-0.15, -0.1) is 0 Å². The van der Waals surface area contributed by atoms with Crippen molar-refractivity contribution in [3.05, 3.63) is 84.3 Å². The predicted octanol–water partition coefficient (Wildman–Crippen LogP) is 5.24. The molecule has 0 unspecified atom stereocenters. The monoisotopic (exact) mass is 455 g/mol. The van der Waals surface area contributed by atoms with E-state index in [1.807, 2.05) is 71.6 Å². The van der Waals surface area contributed by atoms with Crippen molar-refractivity contribution in [1.82, 2.24) is 14.8 Å². The van der Waals surface area contributed by atoms with Gasteiger partial charge in [0.25, 0.3) is 5.91 Å². The van der Waals surface area contributed by atoms with Gasteiger partial charge in [-0.25, -0.2) is 4.98 Å². The zero-order valence-corrected chi connectivity index (χ0v) is 19.6. The first-order valence-electron chi connectivity index (χ1n) is 11.7. The van der Waals surface area contributed by atoms with E-state index in [4.69, 9.17) is 14.1 Å². The third-order valence-corrected chi connectivity index (χ3v) is 6.63. The second-order valence-electron chi connectivity index (χ2n) is 8.85. The van der Waals surface area contributed by atoms with E-state index in [2.05, 4.69) is 11.9 Å². The summed E-state index contributed by atoms with van der Waals surface area (Å²) in [5, 5.41) is 0.863. The molecule has 2 aromatic carbocycles. The van der Waals surface area contributed by atoms with Gasteiger partial charge < -0.3 is 19.0 Å². The highest BCUT2D eigenvalue weighted by Crippen LogP contribution is 2.29. The van der Waals surface area contributed by atoms with E-state index in [0.29, 0.717) is 12.1 Å². The van der Waals surface area contributed by atoms with Crippen LogP contribution in [-0.2, 0) is 6.54 Å². The van der Waals surface area contributed by atoms with E-state index in [0.717, 1.165) is 59.6 Å². The van der Waals surface area contributed by atoms with Gasteiger partial charge in [-0.1, -0.05) is 18.2 Å². The second kappa shape index (κ2) is 9.69. The quantitative estimate of drug-likeness (QED) is 0.398. The van der Waals surface area contributed by atoms with Gasteiger partial charge in [0.15, 0.2) is 0 Å². The molecule has 1 aliphatic heterocycles. The predicted molar refractivity (Wildman–Crippen MR) is 133 cm³/mol. The first kappa shape index (κ1) is 22.2. The zero-order valence-electron chi connectivity index (χ0n) is 19.6. The molecular weight excluding hydrogens is 426 g/mol. The van der Waals surface area contributed by atoms with Crippen LogP contribution in [0.5, 0.6) is 5.75 Å². The van der Waals surface area contributed by atoms with Crippen LogP contribution in [0.3, 0.4) is 0 Å². The van der Waals surface area contributed by atoms with Crippen molar-refractivity contribution in [1.29, 1.82) is 0 Å². The molecule has 0 aliphatic carbocycles. The number of nitrogens with zero attached hydrogens (tertiary/aromatic N) is 3. The molecule has 0 saturated carbocycles. The van der Waals surface area contributed by atoms with Crippen molar-refractivity contribution in [2.75, 3.05) is 27.2 Å². The molecule has 5 rings (SSSR count). The van der Waals surface area contributed by atoms with Crippen molar-refractivity contribution >= 4 is 16.8 Å². The summed E-state index contributed by atoms with van der Waals surface area (Å²) >= 11 is 0. The maximum atomic E-state index is 14.2. The third-order valence-electron chi connectivity index (χ3n) is 6.63. The lowest BCUT2D eigenvalue weighted by atomic mass is 9.99. The van der Waals surface area contributed by atoms with E-state index in [1.54, 1.807) is 13.4 Å². The van der Waals surface area contributed by atoms with Crippen LogP contribution in [0.25, 0.3) is 22.2 Å². The molecule has 0 radical (unpaired) electrons. The Morgan fingerprint density at radius 1 is 1.09 bits per heavy atom. The maximum Gasteiger partial charge on any atom is 0.255 e. The number of benzene rings is 2. The van der Waals surface area contributed by atoms with E-state index in [9.17, 15) is 4.79 Å². The van der Waals surface area contributed by atoms with E-state index >= 15 is 0 Å². The Bertz CT molecular complexity index is 1260. The van der Waals surface area contributed by atoms with E-state index in [-0.39, 0.29) is 11.9 Å². The van der Waals surface area contributed by atoms with Gasteiger partial charge in [-0.05, 0) is 81.5 Å². The van der Waals surface area contributed by atoms with Crippen LogP contribution in [0.1, 0.15) is 29.0 Å². The van der Waals surface area contributed by atoms with Gasteiger partial charge in [-0.3, -0.25) is 4.79 Å². The fraction of sp³-hybridized carbons (Fsp3) is 0.286. The van der Waals surface area contributed by atoms with Crippen LogP contribution in [-0.4, -0.2) is 54.0 Å². The number of piperidine rings is 1. The number of hydrogen-bond acceptors (Lipinski definition) is 5. The molecule has 0 N–H and O–H groups in total. The third kappa shape index (κ3) is 4.54. The number of aromatic nitrogens is 1. The molecule has 0 spiro atoms. The number of para-hydroxylation sites is 1. The van der Waals surface area contributed by atoms with Crippen LogP contribution < -0.4 is 4.74 Å². The Morgan fingerprint density at radius 2 is 1.85 bits per heavy atom. The number of ether oxygens (including phenoxy) is 1. The smallest absolute Gasteiger partial charge is 0.255 e. The molecule has 0 bridgehead atoms. The summed E-state index contributed by atoms with van der Waals surface area (Å²) in [5.41, 5.74) is 3.19. The lowest BCUT2D eigenvalue weighted by molar-refractivity contribution is 0.0552. The summed E-state index contributed by atoms with van der Waals surface area (Å²) in [6.45, 7) is 2.40. The molecule has 1 amide bonds. The first-order chi connectivity index (χ1) is 16.6. The Hall–Kier alpha value is -3.64. The molecular formula is C28H29N3O3. The minimum absolute atomic E-state index is 0.0133. The first-order valence-corrected chi connectivity index (χ1v) is 11.7. The number of rotatable bonds is 6. The van der Waals surface area contributed by atoms with E-state index in [1.165, 1.54) is 0 Å². The number of fused-ring (bicyclic) bond motifs is 1. The van der Waals surface area contributed by atoms with Crippen LogP contribution >= 0.6 is 0 Å². The van der Waals surface area contributed by atoms with Gasteiger partial charge >= 0.3 is 0 Å². The normalized spacial score (nSPS) is 14.9. The Balaban J connectivity index is 1.57. The highest BCUT2D eigenvalue weighted by atomic mass is 16.5. The molecule has 1 aliphatic rings. The largest absolute Gasteiger partial charge is 0.497 e. The fourth-order valence-corrected chi connectivity index (χ4v) is 4.66. The van der Waals surface area contributed by atoms with Gasteiger partial charge in [0.1, 0.15) is 11.5 Å². The fourth-order valence-electron chi connectivity index (χ4n) is 4.66. The number of carbonyl (C=O) groups is 1. The van der Waals surface area contributed by atoms with Crippen LogP contribution in [0.2, 0.25) is 0 Å². The van der Waals surface area contributed by atoms with Crippen molar-refractivity contribution in [2.24, 2.45) is 0 Å². The number of methoxy groups -OCH3 is 1. The van der Waals surface area contributed by atoms with Crippen molar-refractivity contribution < 1.29 is 13.9 Å². The van der Waals surface area contributed by atoms with Crippen LogP contribution in [0.4, 0.5) is 0 Å². The Kier molecular flexibility index (Phi) is 6.32. The number of hydrogen-bond donors (Lipinski definition) is 0. The summed E-state index contributed by atoms with van der Waals surface area (Å²) in [6, 6.07) is 21.5. The molecule has 34 heavy (non-hydrogen) atoms. The van der Waals surface area contributed by atoms with Gasteiger partial charge in [0.2, 0.25) is 0 Å². The number of pyridine rings is 1. The molecule has 4 aromatic rings. The van der Waals surface area contributed by atoms with Gasteiger partial charge in [-0.2, -0.15) is 0 Å². The van der Waals surface area contributed by atoms with Crippen LogP contribution in [0, 0.1) is 0 Å². The SMILES string of the molecule is COc1ccc(-c2cc(C(=O)N(Cc3ccco3)C3CCN(C)CC3)c3ccccc3n2)cc1. The van der Waals surface area contributed by atoms with Crippen molar-refractivity contribution in [3.8, 4) is 17.0 Å². The summed E-state index contributed by atoms with van der Waals surface area (Å²) < 4.78 is 10.9. The second-order valence-corrected chi connectivity index (χ2v) is 8.85. The minimum Gasteiger partial charge on any atom is -0.497 e. The number of furan rings is 1. The average molecular weight is 456 g/mol. The molecule has 2 aromatic heterocycles. The van der Waals surface area contributed by atoms with Crippen LogP contribution in [0.15, 0.2) is 77.4 Å². The van der Waals surface area contributed by atoms with Crippen molar-refractivity contribution in [3.63, 3.8) is 0 Å². The lowest BCUT2D eigenvalue weighted by Crippen LogP contribution is -2.46. The zero-order chi connectivity index (χ0) is 23.5. The molecule has 1 saturated heterocycles. The number of likely N-dealkylation sites (tertiary alicyclic amines) is 1. The summed E-state index contributed by atoms with van der Waals surface area (Å²) in [6.07, 6.45) is 3.55. The van der Waals surface area contributed by atoms with Crippen molar-refractivity contribution in [2.45, 2.75) is 25.4 Å². The molecule has 6 nitrogen and oxygen atoms in total. The summed E-state index contributed by atoms with van der Waals surface area (Å²) in [5.74, 6) is 1.59. The Morgan fingerprint density at radius 3 is 2.56 bits per heavy atom. The lowest BCUT2D eigenvalue weighted by Gasteiger charge is -2.37. The number of carbonyl (C=O) groups excluding carboxylic acids is 1. The highest BCUT2D eigenvalue weighted by Gasteiger charge is 2.30. The van der Waals surface area contributed by atoms with E-state index < -0.39 is 0 Å².